The Balaban J connectivity index is 1.57. The van der Waals surface area contributed by atoms with Gasteiger partial charge in [-0.25, -0.2) is 4.98 Å². The maximum atomic E-state index is 13.0. The second-order valence-electron chi connectivity index (χ2n) is 6.75. The Morgan fingerprint density at radius 2 is 1.90 bits per heavy atom. The lowest BCUT2D eigenvalue weighted by Crippen LogP contribution is -2.36. The molecule has 150 valence electrons. The number of pyridine rings is 1. The summed E-state index contributed by atoms with van der Waals surface area (Å²) in [6, 6.07) is 11.7. The second kappa shape index (κ2) is 8.69. The van der Waals surface area contributed by atoms with Crippen LogP contribution >= 0.6 is 27.7 Å². The molecule has 2 aromatic heterocycles. The largest absolute Gasteiger partial charge is 0.378 e. The van der Waals surface area contributed by atoms with Gasteiger partial charge >= 0.3 is 0 Å². The van der Waals surface area contributed by atoms with Crippen molar-refractivity contribution in [3.63, 3.8) is 0 Å². The van der Waals surface area contributed by atoms with Crippen LogP contribution in [0.3, 0.4) is 0 Å². The molecule has 0 amide bonds. The van der Waals surface area contributed by atoms with Crippen LogP contribution in [-0.4, -0.2) is 47.0 Å². The van der Waals surface area contributed by atoms with Crippen molar-refractivity contribution in [1.82, 2.24) is 14.8 Å². The number of anilines is 1. The van der Waals surface area contributed by atoms with Gasteiger partial charge in [-0.3, -0.25) is 4.79 Å². The fourth-order valence-corrected chi connectivity index (χ4v) is 4.71. The van der Waals surface area contributed by atoms with Crippen molar-refractivity contribution in [2.24, 2.45) is 0 Å². The standard InChI is InChI=1S/C21H21BrN4O2S/c1-14-20(29-18-6-4-3-5-17(18)22)15(2)26(24-14)21(27)16-7-8-19(23-13-16)25-9-11-28-12-10-25/h3-8,13H,9-12H2,1-2H3. The monoisotopic (exact) mass is 472 g/mol. The summed E-state index contributed by atoms with van der Waals surface area (Å²) in [6.45, 7) is 6.88. The van der Waals surface area contributed by atoms with E-state index in [1.54, 1.807) is 18.0 Å². The number of ether oxygens (including phenoxy) is 1. The second-order valence-corrected chi connectivity index (χ2v) is 8.66. The van der Waals surface area contributed by atoms with E-state index in [4.69, 9.17) is 4.74 Å². The molecule has 0 N–H and O–H groups in total. The SMILES string of the molecule is Cc1nn(C(=O)c2ccc(N3CCOCC3)nc2)c(C)c1Sc1ccccc1Br. The smallest absolute Gasteiger partial charge is 0.279 e. The lowest BCUT2D eigenvalue weighted by Gasteiger charge is -2.27. The molecule has 8 heteroatoms. The summed E-state index contributed by atoms with van der Waals surface area (Å²) in [6.07, 6.45) is 1.63. The molecule has 29 heavy (non-hydrogen) atoms. The Kier molecular flexibility index (Phi) is 6.03. The molecule has 1 aliphatic rings. The highest BCUT2D eigenvalue weighted by molar-refractivity contribution is 9.10. The number of benzene rings is 1. The summed E-state index contributed by atoms with van der Waals surface area (Å²) in [5.74, 6) is 0.689. The van der Waals surface area contributed by atoms with Crippen LogP contribution in [0.15, 0.2) is 56.9 Å². The minimum absolute atomic E-state index is 0.175. The van der Waals surface area contributed by atoms with Gasteiger partial charge in [0.25, 0.3) is 5.91 Å². The molecule has 3 heterocycles. The number of aryl methyl sites for hydroxylation is 1. The van der Waals surface area contributed by atoms with Crippen LogP contribution in [0.4, 0.5) is 5.82 Å². The number of morpholine rings is 1. The van der Waals surface area contributed by atoms with E-state index in [0.717, 1.165) is 44.6 Å². The minimum Gasteiger partial charge on any atom is -0.378 e. The number of rotatable bonds is 4. The van der Waals surface area contributed by atoms with E-state index < -0.39 is 0 Å². The zero-order valence-electron chi connectivity index (χ0n) is 16.3. The highest BCUT2D eigenvalue weighted by Crippen LogP contribution is 2.36. The maximum absolute atomic E-state index is 13.0. The van der Waals surface area contributed by atoms with Gasteiger partial charge in [0.05, 0.1) is 35.1 Å². The zero-order chi connectivity index (χ0) is 20.4. The van der Waals surface area contributed by atoms with Crippen LogP contribution in [0, 0.1) is 13.8 Å². The average Bonchev–Trinajstić information content (AvgIpc) is 3.04. The first-order valence-corrected chi connectivity index (χ1v) is 11.0. The third kappa shape index (κ3) is 4.24. The fraction of sp³-hybridized carbons (Fsp3) is 0.286. The molecule has 3 aromatic rings. The van der Waals surface area contributed by atoms with Crippen LogP contribution in [0.25, 0.3) is 0 Å². The molecule has 1 saturated heterocycles. The molecule has 6 nitrogen and oxygen atoms in total. The average molecular weight is 473 g/mol. The Morgan fingerprint density at radius 1 is 1.14 bits per heavy atom. The summed E-state index contributed by atoms with van der Waals surface area (Å²) >= 11 is 5.19. The maximum Gasteiger partial charge on any atom is 0.279 e. The van der Waals surface area contributed by atoms with Crippen LogP contribution in [0.2, 0.25) is 0 Å². The first kappa shape index (κ1) is 20.1. The quantitative estimate of drug-likeness (QED) is 0.562. The van der Waals surface area contributed by atoms with Crippen LogP contribution < -0.4 is 4.90 Å². The number of carbonyl (C=O) groups is 1. The number of halogens is 1. The predicted molar refractivity (Wildman–Crippen MR) is 117 cm³/mol. The van der Waals surface area contributed by atoms with Gasteiger partial charge in [-0.15, -0.1) is 0 Å². The number of hydrogen-bond acceptors (Lipinski definition) is 6. The third-order valence-electron chi connectivity index (χ3n) is 4.80. The van der Waals surface area contributed by atoms with Gasteiger partial charge in [0.1, 0.15) is 5.82 Å². The fourth-order valence-electron chi connectivity index (χ4n) is 3.23. The normalized spacial score (nSPS) is 14.2. The lowest BCUT2D eigenvalue weighted by molar-refractivity contribution is 0.0941. The molecular weight excluding hydrogens is 452 g/mol. The van der Waals surface area contributed by atoms with Crippen molar-refractivity contribution >= 4 is 39.4 Å². The summed E-state index contributed by atoms with van der Waals surface area (Å²) in [5, 5.41) is 4.50. The summed E-state index contributed by atoms with van der Waals surface area (Å²) in [5.41, 5.74) is 2.17. The van der Waals surface area contributed by atoms with Crippen molar-refractivity contribution in [2.75, 3.05) is 31.2 Å². The van der Waals surface area contributed by atoms with E-state index in [-0.39, 0.29) is 5.91 Å². The van der Waals surface area contributed by atoms with Gasteiger partial charge in [-0.1, -0.05) is 23.9 Å². The molecule has 0 spiro atoms. The first-order valence-electron chi connectivity index (χ1n) is 9.36. The van der Waals surface area contributed by atoms with Gasteiger partial charge in [0.2, 0.25) is 0 Å². The van der Waals surface area contributed by atoms with Crippen molar-refractivity contribution in [1.29, 1.82) is 0 Å². The van der Waals surface area contributed by atoms with Crippen molar-refractivity contribution < 1.29 is 9.53 Å². The van der Waals surface area contributed by atoms with Crippen molar-refractivity contribution in [3.05, 3.63) is 64.0 Å². The Morgan fingerprint density at radius 3 is 2.59 bits per heavy atom. The van der Waals surface area contributed by atoms with Gasteiger partial charge in [-0.05, 0) is 54.0 Å². The van der Waals surface area contributed by atoms with Gasteiger partial charge in [0, 0.05) is 28.7 Å². The molecule has 0 atom stereocenters. The minimum atomic E-state index is -0.175. The molecule has 0 bridgehead atoms. The molecule has 0 radical (unpaired) electrons. The van der Waals surface area contributed by atoms with Gasteiger partial charge in [-0.2, -0.15) is 9.78 Å². The molecular formula is C21H21BrN4O2S. The van der Waals surface area contributed by atoms with Gasteiger partial charge < -0.3 is 9.64 Å². The van der Waals surface area contributed by atoms with Gasteiger partial charge in [0.15, 0.2) is 0 Å². The summed E-state index contributed by atoms with van der Waals surface area (Å²) in [7, 11) is 0. The van der Waals surface area contributed by atoms with E-state index in [0.29, 0.717) is 18.8 Å². The highest BCUT2D eigenvalue weighted by Gasteiger charge is 2.20. The predicted octanol–water partition coefficient (Wildman–Crippen LogP) is 4.33. The van der Waals surface area contributed by atoms with Crippen molar-refractivity contribution in [2.45, 2.75) is 23.6 Å². The Hall–Kier alpha value is -2.16. The highest BCUT2D eigenvalue weighted by atomic mass is 79.9. The number of aromatic nitrogens is 3. The third-order valence-corrected chi connectivity index (χ3v) is 7.12. The number of nitrogens with zero attached hydrogens (tertiary/aromatic N) is 4. The van der Waals surface area contributed by atoms with Crippen LogP contribution in [0.1, 0.15) is 21.7 Å². The Bertz CT molecular complexity index is 1030. The van der Waals surface area contributed by atoms with E-state index >= 15 is 0 Å². The Labute approximate surface area is 182 Å². The molecule has 0 saturated carbocycles. The topological polar surface area (TPSA) is 60.2 Å². The van der Waals surface area contributed by atoms with E-state index in [2.05, 4.69) is 30.9 Å². The van der Waals surface area contributed by atoms with E-state index in [1.165, 1.54) is 4.68 Å². The van der Waals surface area contributed by atoms with Crippen LogP contribution in [0.5, 0.6) is 0 Å². The lowest BCUT2D eigenvalue weighted by atomic mass is 10.2. The molecule has 4 rings (SSSR count). The summed E-state index contributed by atoms with van der Waals surface area (Å²) < 4.78 is 7.87. The van der Waals surface area contributed by atoms with Crippen LogP contribution in [-0.2, 0) is 4.74 Å². The van der Waals surface area contributed by atoms with E-state index in [1.807, 2.05) is 50.2 Å². The molecule has 1 fully saturated rings. The number of carbonyl (C=O) groups excluding carboxylic acids is 1. The first-order chi connectivity index (χ1) is 14.0. The number of hydrogen-bond donors (Lipinski definition) is 0. The van der Waals surface area contributed by atoms with Crippen molar-refractivity contribution in [3.8, 4) is 0 Å². The molecule has 1 aliphatic heterocycles. The molecule has 0 unspecified atom stereocenters. The molecule has 0 aliphatic carbocycles. The zero-order valence-corrected chi connectivity index (χ0v) is 18.7. The summed E-state index contributed by atoms with van der Waals surface area (Å²) in [4.78, 5) is 21.8. The molecule has 1 aromatic carbocycles. The van der Waals surface area contributed by atoms with E-state index in [9.17, 15) is 4.79 Å².